The van der Waals surface area contributed by atoms with E-state index in [9.17, 15) is 9.90 Å². The summed E-state index contributed by atoms with van der Waals surface area (Å²) >= 11 is 0. The largest absolute Gasteiger partial charge is 0.459 e. The second-order valence-electron chi connectivity index (χ2n) is 10.4. The number of esters is 1. The third kappa shape index (κ3) is 3.82. The normalized spacial score (nSPS) is 45.9. The summed E-state index contributed by atoms with van der Waals surface area (Å²) in [5.74, 6) is 5.15. The summed E-state index contributed by atoms with van der Waals surface area (Å²) in [7, 11) is 0. The quantitative estimate of drug-likeness (QED) is 0.336. The van der Waals surface area contributed by atoms with Crippen LogP contribution in [-0.4, -0.2) is 22.8 Å². The van der Waals surface area contributed by atoms with Crippen molar-refractivity contribution in [2.75, 3.05) is 0 Å². The Morgan fingerprint density at radius 1 is 1.21 bits per heavy atom. The Morgan fingerprint density at radius 3 is 2.75 bits per heavy atom. The van der Waals surface area contributed by atoms with Crippen LogP contribution in [0.5, 0.6) is 0 Å². The van der Waals surface area contributed by atoms with E-state index in [1.165, 1.54) is 38.5 Å². The van der Waals surface area contributed by atoms with Gasteiger partial charge in [-0.15, -0.1) is 0 Å². The summed E-state index contributed by atoms with van der Waals surface area (Å²) in [5, 5.41) is 10.4. The van der Waals surface area contributed by atoms with E-state index in [4.69, 9.17) is 4.74 Å². The van der Waals surface area contributed by atoms with Gasteiger partial charge in [0.2, 0.25) is 0 Å². The fourth-order valence-electron chi connectivity index (χ4n) is 8.00. The van der Waals surface area contributed by atoms with E-state index in [-0.39, 0.29) is 62.1 Å². The van der Waals surface area contributed by atoms with Gasteiger partial charge in [0.1, 0.15) is 5.60 Å². The Labute approximate surface area is 206 Å². The van der Waals surface area contributed by atoms with Gasteiger partial charge in [0.15, 0.2) is 0 Å². The Hall–Kier alpha value is 0.612. The number of ether oxygens (including phenoxy) is 1. The van der Waals surface area contributed by atoms with Gasteiger partial charge in [-0.25, -0.2) is 0 Å². The van der Waals surface area contributed by atoms with Crippen LogP contribution in [-0.2, 0) is 9.53 Å². The van der Waals surface area contributed by atoms with Gasteiger partial charge in [-0.05, 0) is 93.3 Å². The molecule has 5 rings (SSSR count). The van der Waals surface area contributed by atoms with Crippen molar-refractivity contribution in [2.45, 2.75) is 89.3 Å². The number of aliphatic hydroxyl groups is 1. The molecule has 1 N–H and O–H groups in total. The van der Waals surface area contributed by atoms with Crippen molar-refractivity contribution in [1.29, 1.82) is 0 Å². The molecule has 3 nitrogen and oxygen atoms in total. The van der Waals surface area contributed by atoms with E-state index in [2.05, 4.69) is 19.1 Å². The van der Waals surface area contributed by atoms with E-state index < -0.39 is 6.10 Å². The van der Waals surface area contributed by atoms with Crippen LogP contribution in [0, 0.1) is 85.5 Å². The van der Waals surface area contributed by atoms with Crippen molar-refractivity contribution >= 4 is 5.97 Å². The Balaban J connectivity index is 0.00000192. The summed E-state index contributed by atoms with van der Waals surface area (Å²) in [6, 6.07) is 0. The molecule has 5 aliphatic rings. The number of aliphatic hydroxyl groups excluding tert-OH is 1. The van der Waals surface area contributed by atoms with Crippen molar-refractivity contribution in [3.8, 4) is 0 Å². The predicted molar refractivity (Wildman–Crippen MR) is 105 cm³/mol. The number of carbonyl (C=O) groups is 1. The molecule has 0 heterocycles. The van der Waals surface area contributed by atoms with Crippen LogP contribution in [0.25, 0.3) is 0 Å². The molecule has 0 aromatic rings. The van der Waals surface area contributed by atoms with Crippen molar-refractivity contribution in [3.05, 3.63) is 12.2 Å². The minimum atomic E-state index is -0.535. The zero-order valence-electron chi connectivity index (χ0n) is 17.4. The smallest absolute Gasteiger partial charge is 0.308 e. The first kappa shape index (κ1) is 21.8. The third-order valence-electron chi connectivity index (χ3n) is 9.19. The Morgan fingerprint density at radius 2 is 2.04 bits per heavy atom. The molecule has 153 valence electrons. The van der Waals surface area contributed by atoms with Crippen LogP contribution >= 0.6 is 0 Å². The molecule has 28 heavy (non-hydrogen) atoms. The van der Waals surface area contributed by atoms with Gasteiger partial charge in [-0.3, -0.25) is 4.79 Å². The number of carbonyl (C=O) groups excluding carboxylic acids is 1. The average Bonchev–Trinajstić information content (AvgIpc) is 3.43. The zero-order valence-corrected chi connectivity index (χ0v) is 22.1. The van der Waals surface area contributed by atoms with Gasteiger partial charge in [-0.2, -0.15) is 0 Å². The standard InChI is InChI=1S/C24H36O3.Ac/c1-2-24(14-18-12-22(24)21-5-3-4-20(18)21)27-23(26)13-19(25)9-8-17-11-15-6-7-16(17)10-15;/h6-7,15-22,25H,2-5,8-14H2,1H3;. The number of hydrogen-bond donors (Lipinski definition) is 1. The molecule has 4 fully saturated rings. The maximum absolute atomic E-state index is 12.7. The minimum Gasteiger partial charge on any atom is -0.459 e. The molecule has 5 aliphatic carbocycles. The second kappa shape index (κ2) is 8.63. The summed E-state index contributed by atoms with van der Waals surface area (Å²) in [6.07, 6.45) is 16.2. The average molecular weight is 600 g/mol. The van der Waals surface area contributed by atoms with E-state index in [1.807, 2.05) is 0 Å². The molecular formula is C24H36AcO3. The molecule has 1 radical (unpaired) electrons. The van der Waals surface area contributed by atoms with Crippen LogP contribution in [0.3, 0.4) is 0 Å². The maximum atomic E-state index is 12.7. The van der Waals surface area contributed by atoms with Crippen molar-refractivity contribution in [2.24, 2.45) is 41.4 Å². The topological polar surface area (TPSA) is 46.5 Å². The number of fused-ring (bicyclic) bond motifs is 7. The molecule has 9 unspecified atom stereocenters. The van der Waals surface area contributed by atoms with Crippen LogP contribution in [0.4, 0.5) is 0 Å². The molecule has 0 aromatic carbocycles. The first-order valence-corrected chi connectivity index (χ1v) is 11.7. The fraction of sp³-hybridized carbons (Fsp3) is 0.875. The van der Waals surface area contributed by atoms with E-state index in [0.29, 0.717) is 5.92 Å². The first-order valence-electron chi connectivity index (χ1n) is 11.7. The maximum Gasteiger partial charge on any atom is 0.308 e. The predicted octanol–water partition coefficient (Wildman–Crippen LogP) is 4.88. The number of rotatable bonds is 7. The van der Waals surface area contributed by atoms with Gasteiger partial charge in [0.05, 0.1) is 12.5 Å². The van der Waals surface area contributed by atoms with Gasteiger partial charge in [0.25, 0.3) is 0 Å². The van der Waals surface area contributed by atoms with Gasteiger partial charge < -0.3 is 9.84 Å². The molecule has 0 spiro atoms. The van der Waals surface area contributed by atoms with Gasteiger partial charge in [0, 0.05) is 50.0 Å². The molecule has 4 heteroatoms. The summed E-state index contributed by atoms with van der Waals surface area (Å²) in [4.78, 5) is 12.7. The monoisotopic (exact) mass is 599 g/mol. The molecule has 0 saturated heterocycles. The molecule has 4 bridgehead atoms. The second-order valence-corrected chi connectivity index (χ2v) is 10.4. The molecular weight excluding hydrogens is 563 g/mol. The molecule has 9 atom stereocenters. The van der Waals surface area contributed by atoms with Crippen molar-refractivity contribution in [3.63, 3.8) is 0 Å². The summed E-state index contributed by atoms with van der Waals surface area (Å²) < 4.78 is 6.17. The Kier molecular flexibility index (Phi) is 6.72. The van der Waals surface area contributed by atoms with Gasteiger partial charge in [-0.1, -0.05) is 25.5 Å². The van der Waals surface area contributed by atoms with Gasteiger partial charge >= 0.3 is 5.97 Å². The summed E-state index contributed by atoms with van der Waals surface area (Å²) in [5.41, 5.74) is -0.220. The molecule has 4 saturated carbocycles. The number of hydrogen-bond acceptors (Lipinski definition) is 3. The minimum absolute atomic E-state index is 0. The van der Waals surface area contributed by atoms with Crippen LogP contribution < -0.4 is 0 Å². The van der Waals surface area contributed by atoms with Crippen LogP contribution in [0.2, 0.25) is 0 Å². The van der Waals surface area contributed by atoms with E-state index in [1.54, 1.807) is 0 Å². The summed E-state index contributed by atoms with van der Waals surface area (Å²) in [6.45, 7) is 2.19. The third-order valence-corrected chi connectivity index (χ3v) is 9.19. The van der Waals surface area contributed by atoms with Crippen molar-refractivity contribution < 1.29 is 58.7 Å². The Bertz CT molecular complexity index is 619. The van der Waals surface area contributed by atoms with Crippen molar-refractivity contribution in [1.82, 2.24) is 0 Å². The molecule has 0 amide bonds. The van der Waals surface area contributed by atoms with E-state index in [0.717, 1.165) is 61.2 Å². The van der Waals surface area contributed by atoms with Crippen LogP contribution in [0.1, 0.15) is 77.6 Å². The SMILES string of the molecule is CCC1(OC(=O)CC(O)CCC2CC3C=CC2C3)CC2CC1C1CCCC21.[Ac]. The molecule has 0 aliphatic heterocycles. The first-order chi connectivity index (χ1) is 13.1. The van der Waals surface area contributed by atoms with E-state index >= 15 is 0 Å². The molecule has 0 aromatic heterocycles. The van der Waals surface area contributed by atoms with Crippen LogP contribution in [0.15, 0.2) is 12.2 Å². The fourth-order valence-corrected chi connectivity index (χ4v) is 8.00. The number of allylic oxidation sites excluding steroid dienone is 2. The zero-order chi connectivity index (χ0) is 18.6.